The fourth-order valence-electron chi connectivity index (χ4n) is 1.44. The van der Waals surface area contributed by atoms with Crippen molar-refractivity contribution in [2.45, 2.75) is 6.92 Å². The summed E-state index contributed by atoms with van der Waals surface area (Å²) in [6.45, 7) is 1.68. The Kier molecular flexibility index (Phi) is 3.62. The lowest BCUT2D eigenvalue weighted by atomic mass is 10.2. The number of hydrogen-bond donors (Lipinski definition) is 2. The van der Waals surface area contributed by atoms with Crippen molar-refractivity contribution in [3.8, 4) is 5.75 Å². The Morgan fingerprint density at radius 3 is 2.74 bits per heavy atom. The highest BCUT2D eigenvalue weighted by Gasteiger charge is 2.14. The average molecular weight is 282 g/mol. The van der Waals surface area contributed by atoms with Crippen LogP contribution in [0.3, 0.4) is 0 Å². The average Bonchev–Trinajstić information content (AvgIpc) is 2.26. The summed E-state index contributed by atoms with van der Waals surface area (Å²) in [5.41, 5.74) is 0.348. The Bertz CT molecular complexity index is 629. The zero-order valence-corrected chi connectivity index (χ0v) is 10.6. The number of aromatic hydroxyl groups is 1. The van der Waals surface area contributed by atoms with Crippen LogP contribution in [-0.4, -0.2) is 21.0 Å². The largest absolute Gasteiger partial charge is 0.508 e. The van der Waals surface area contributed by atoms with Gasteiger partial charge in [0.1, 0.15) is 16.7 Å². The van der Waals surface area contributed by atoms with E-state index in [2.05, 4.69) is 15.3 Å². The van der Waals surface area contributed by atoms with Gasteiger partial charge in [0, 0.05) is 11.8 Å². The first-order chi connectivity index (χ1) is 8.95. The first-order valence-electron chi connectivity index (χ1n) is 5.27. The molecule has 2 rings (SSSR count). The number of nitrogens with one attached hydrogen (secondary N) is 1. The molecule has 0 aliphatic rings. The van der Waals surface area contributed by atoms with Gasteiger partial charge < -0.3 is 5.11 Å². The molecule has 1 aromatic carbocycles. The lowest BCUT2D eigenvalue weighted by Crippen LogP contribution is -2.16. The van der Waals surface area contributed by atoms with Crippen LogP contribution in [0.25, 0.3) is 0 Å². The first kappa shape index (κ1) is 13.2. The molecule has 0 radical (unpaired) electrons. The second-order valence-corrected chi connectivity index (χ2v) is 4.16. The highest BCUT2D eigenvalue weighted by molar-refractivity contribution is 6.29. The highest BCUT2D eigenvalue weighted by atomic mass is 35.5. The van der Waals surface area contributed by atoms with Crippen molar-refractivity contribution in [3.63, 3.8) is 0 Å². The predicted molar refractivity (Wildman–Crippen MR) is 67.8 cm³/mol. The lowest BCUT2D eigenvalue weighted by Gasteiger charge is -2.06. The van der Waals surface area contributed by atoms with Crippen LogP contribution in [-0.2, 0) is 0 Å². The summed E-state index contributed by atoms with van der Waals surface area (Å²) in [6.07, 6.45) is 0. The van der Waals surface area contributed by atoms with Crippen LogP contribution in [0.15, 0.2) is 24.3 Å². The first-order valence-corrected chi connectivity index (χ1v) is 5.64. The summed E-state index contributed by atoms with van der Waals surface area (Å²) in [4.78, 5) is 19.6. The molecule has 0 bridgehead atoms. The van der Waals surface area contributed by atoms with Crippen molar-refractivity contribution in [2.75, 3.05) is 5.32 Å². The molecule has 0 aliphatic carbocycles. The van der Waals surface area contributed by atoms with E-state index in [0.717, 1.165) is 12.1 Å². The molecular weight excluding hydrogens is 273 g/mol. The number of hydrogen-bond acceptors (Lipinski definition) is 4. The van der Waals surface area contributed by atoms with Crippen LogP contribution in [0.5, 0.6) is 5.75 Å². The number of anilines is 1. The van der Waals surface area contributed by atoms with Crippen molar-refractivity contribution in [1.82, 2.24) is 9.97 Å². The van der Waals surface area contributed by atoms with E-state index in [4.69, 9.17) is 16.7 Å². The van der Waals surface area contributed by atoms with Crippen LogP contribution >= 0.6 is 11.6 Å². The molecule has 1 heterocycles. The number of aromatic nitrogens is 2. The molecule has 5 nitrogen and oxygen atoms in total. The van der Waals surface area contributed by atoms with Crippen LogP contribution in [0.2, 0.25) is 5.15 Å². The topological polar surface area (TPSA) is 75.1 Å². The SMILES string of the molecule is Cc1cc(Cl)nc(NC(=O)c2ccc(O)cc2F)n1. The molecular formula is C12H9ClFN3O2. The van der Waals surface area contributed by atoms with Crippen LogP contribution in [0.1, 0.15) is 16.1 Å². The molecule has 1 amide bonds. The number of phenolic OH excluding ortho intramolecular Hbond substituents is 1. The minimum Gasteiger partial charge on any atom is -0.508 e. The van der Waals surface area contributed by atoms with Gasteiger partial charge in [-0.25, -0.2) is 14.4 Å². The Balaban J connectivity index is 2.25. The van der Waals surface area contributed by atoms with Crippen LogP contribution in [0, 0.1) is 12.7 Å². The van der Waals surface area contributed by atoms with Gasteiger partial charge in [-0.1, -0.05) is 11.6 Å². The zero-order valence-electron chi connectivity index (χ0n) is 9.82. The quantitative estimate of drug-likeness (QED) is 0.830. The molecule has 1 aromatic heterocycles. The number of aryl methyl sites for hydroxylation is 1. The van der Waals surface area contributed by atoms with Crippen LogP contribution in [0.4, 0.5) is 10.3 Å². The van der Waals surface area contributed by atoms with Gasteiger partial charge in [-0.05, 0) is 25.1 Å². The normalized spacial score (nSPS) is 10.3. The number of amides is 1. The molecule has 2 N–H and O–H groups in total. The Labute approximate surface area is 113 Å². The van der Waals surface area contributed by atoms with Gasteiger partial charge in [0.05, 0.1) is 5.56 Å². The number of phenols is 1. The van der Waals surface area contributed by atoms with E-state index in [0.29, 0.717) is 5.69 Å². The number of carbonyl (C=O) groups excluding carboxylic acids is 1. The lowest BCUT2D eigenvalue weighted by molar-refractivity contribution is 0.102. The molecule has 0 saturated heterocycles. The molecule has 0 atom stereocenters. The minimum atomic E-state index is -0.837. The number of benzene rings is 1. The third kappa shape index (κ3) is 3.17. The smallest absolute Gasteiger partial charge is 0.260 e. The standard InChI is InChI=1S/C12H9ClFN3O2/c1-6-4-10(13)16-12(15-6)17-11(19)8-3-2-7(18)5-9(8)14/h2-5,18H,1H3,(H,15,16,17,19). The van der Waals surface area contributed by atoms with Gasteiger partial charge in [0.15, 0.2) is 0 Å². The summed E-state index contributed by atoms with van der Waals surface area (Å²) < 4.78 is 13.5. The van der Waals surface area contributed by atoms with Crippen molar-refractivity contribution < 1.29 is 14.3 Å². The van der Waals surface area contributed by atoms with Gasteiger partial charge in [-0.15, -0.1) is 0 Å². The van der Waals surface area contributed by atoms with Gasteiger partial charge in [-0.3, -0.25) is 10.1 Å². The monoisotopic (exact) mass is 281 g/mol. The zero-order chi connectivity index (χ0) is 14.0. The summed E-state index contributed by atoms with van der Waals surface area (Å²) in [7, 11) is 0. The van der Waals surface area contributed by atoms with Crippen molar-refractivity contribution in [1.29, 1.82) is 0 Å². The van der Waals surface area contributed by atoms with Crippen molar-refractivity contribution >= 4 is 23.5 Å². The summed E-state index contributed by atoms with van der Waals surface area (Å²) >= 11 is 5.72. The van der Waals surface area contributed by atoms with Gasteiger partial charge >= 0.3 is 0 Å². The second-order valence-electron chi connectivity index (χ2n) is 3.77. The maximum Gasteiger partial charge on any atom is 0.260 e. The molecule has 0 spiro atoms. The van der Waals surface area contributed by atoms with E-state index in [1.807, 2.05) is 0 Å². The van der Waals surface area contributed by atoms with Gasteiger partial charge in [-0.2, -0.15) is 0 Å². The molecule has 0 unspecified atom stereocenters. The highest BCUT2D eigenvalue weighted by Crippen LogP contribution is 2.16. The van der Waals surface area contributed by atoms with E-state index < -0.39 is 11.7 Å². The molecule has 19 heavy (non-hydrogen) atoms. The number of halogens is 2. The van der Waals surface area contributed by atoms with Gasteiger partial charge in [0.2, 0.25) is 5.95 Å². The summed E-state index contributed by atoms with van der Waals surface area (Å²) in [6, 6.07) is 4.75. The molecule has 98 valence electrons. The molecule has 7 heteroatoms. The molecule has 0 aliphatic heterocycles. The Morgan fingerprint density at radius 1 is 1.37 bits per heavy atom. The van der Waals surface area contributed by atoms with Crippen molar-refractivity contribution in [3.05, 3.63) is 46.5 Å². The number of rotatable bonds is 2. The Hall–Kier alpha value is -2.21. The Morgan fingerprint density at radius 2 is 2.11 bits per heavy atom. The maximum atomic E-state index is 13.5. The van der Waals surface area contributed by atoms with E-state index in [1.54, 1.807) is 6.92 Å². The van der Waals surface area contributed by atoms with E-state index in [9.17, 15) is 9.18 Å². The molecule has 0 saturated carbocycles. The van der Waals surface area contributed by atoms with E-state index >= 15 is 0 Å². The fraction of sp³-hybridized carbons (Fsp3) is 0.0833. The van der Waals surface area contributed by atoms with Crippen LogP contribution < -0.4 is 5.32 Å². The summed E-state index contributed by atoms with van der Waals surface area (Å²) in [5, 5.41) is 11.6. The number of carbonyl (C=O) groups is 1. The fourth-order valence-corrected chi connectivity index (χ4v) is 1.68. The minimum absolute atomic E-state index is 0.0116. The third-order valence-electron chi connectivity index (χ3n) is 2.25. The van der Waals surface area contributed by atoms with E-state index in [-0.39, 0.29) is 22.4 Å². The van der Waals surface area contributed by atoms with Gasteiger partial charge in [0.25, 0.3) is 5.91 Å². The van der Waals surface area contributed by atoms with E-state index in [1.165, 1.54) is 12.1 Å². The second kappa shape index (κ2) is 5.19. The van der Waals surface area contributed by atoms with Crippen molar-refractivity contribution in [2.24, 2.45) is 0 Å². The third-order valence-corrected chi connectivity index (χ3v) is 2.44. The predicted octanol–water partition coefficient (Wildman–Crippen LogP) is 2.54. The molecule has 0 fully saturated rings. The molecule has 2 aromatic rings. The maximum absolute atomic E-state index is 13.5. The number of nitrogens with zero attached hydrogens (tertiary/aromatic N) is 2. The summed E-state index contributed by atoms with van der Waals surface area (Å²) in [5.74, 6) is -1.83.